The Balaban J connectivity index is 1.07. The highest BCUT2D eigenvalue weighted by atomic mass is 16.3. The SMILES string of the molecule is CC1(C)c2ccccc2-c2ccc(-c3c4ccccc4c(-c4ccc5c(c4)C(C)(C)c4cc6oc7ccc8ccccc8c7c6cc4-5)c4ccccc34)cc21. The molecule has 0 bridgehead atoms. The van der Waals surface area contributed by atoms with Gasteiger partial charge in [0.2, 0.25) is 0 Å². The van der Waals surface area contributed by atoms with E-state index in [4.69, 9.17) is 4.42 Å². The van der Waals surface area contributed by atoms with Gasteiger partial charge in [0.1, 0.15) is 11.2 Å². The third-order valence-corrected chi connectivity index (χ3v) is 13.2. The maximum absolute atomic E-state index is 6.57. The predicted molar refractivity (Wildman–Crippen MR) is 232 cm³/mol. The lowest BCUT2D eigenvalue weighted by Crippen LogP contribution is -2.15. The molecule has 260 valence electrons. The molecule has 0 aliphatic heterocycles. The van der Waals surface area contributed by atoms with Crippen molar-refractivity contribution >= 4 is 54.3 Å². The maximum atomic E-state index is 6.57. The van der Waals surface area contributed by atoms with Crippen LogP contribution < -0.4 is 0 Å². The van der Waals surface area contributed by atoms with Crippen LogP contribution in [0.2, 0.25) is 0 Å². The van der Waals surface area contributed by atoms with Crippen LogP contribution in [0.15, 0.2) is 162 Å². The average Bonchev–Trinajstić information content (AvgIpc) is 3.78. The van der Waals surface area contributed by atoms with Gasteiger partial charge in [-0.15, -0.1) is 0 Å². The van der Waals surface area contributed by atoms with Crippen molar-refractivity contribution in [3.05, 3.63) is 180 Å². The first-order valence-corrected chi connectivity index (χ1v) is 19.5. The summed E-state index contributed by atoms with van der Waals surface area (Å²) in [5.74, 6) is 0. The zero-order chi connectivity index (χ0) is 36.8. The van der Waals surface area contributed by atoms with Crippen molar-refractivity contribution in [2.24, 2.45) is 0 Å². The molecule has 0 amide bonds. The zero-order valence-electron chi connectivity index (χ0n) is 31.4. The van der Waals surface area contributed by atoms with Gasteiger partial charge in [-0.05, 0) is 129 Å². The van der Waals surface area contributed by atoms with Crippen LogP contribution in [0.25, 0.3) is 98.8 Å². The topological polar surface area (TPSA) is 13.1 Å². The quantitative estimate of drug-likeness (QED) is 0.163. The molecular formula is C54H38O. The fourth-order valence-electron chi connectivity index (χ4n) is 10.5. The van der Waals surface area contributed by atoms with Gasteiger partial charge in [0.05, 0.1) is 0 Å². The van der Waals surface area contributed by atoms with Crippen LogP contribution >= 0.6 is 0 Å². The first-order valence-electron chi connectivity index (χ1n) is 19.5. The highest BCUT2D eigenvalue weighted by Gasteiger charge is 2.38. The van der Waals surface area contributed by atoms with Gasteiger partial charge in [-0.1, -0.05) is 155 Å². The molecule has 55 heavy (non-hydrogen) atoms. The Bertz CT molecular complexity index is 3260. The van der Waals surface area contributed by atoms with Crippen LogP contribution in [0.4, 0.5) is 0 Å². The van der Waals surface area contributed by atoms with Crippen LogP contribution in [-0.2, 0) is 10.8 Å². The molecule has 2 aliphatic carbocycles. The largest absolute Gasteiger partial charge is 0.456 e. The van der Waals surface area contributed by atoms with Gasteiger partial charge in [-0.3, -0.25) is 0 Å². The third kappa shape index (κ3) is 4.03. The molecule has 0 spiro atoms. The summed E-state index contributed by atoms with van der Waals surface area (Å²) in [5, 5.41) is 9.99. The zero-order valence-corrected chi connectivity index (χ0v) is 31.4. The van der Waals surface area contributed by atoms with Crippen LogP contribution in [0.3, 0.4) is 0 Å². The van der Waals surface area contributed by atoms with Gasteiger partial charge in [0.15, 0.2) is 0 Å². The van der Waals surface area contributed by atoms with E-state index in [1.165, 1.54) is 110 Å². The van der Waals surface area contributed by atoms with E-state index in [9.17, 15) is 0 Å². The minimum absolute atomic E-state index is 0.0638. The van der Waals surface area contributed by atoms with Crippen molar-refractivity contribution in [2.75, 3.05) is 0 Å². The minimum atomic E-state index is -0.198. The molecule has 0 saturated carbocycles. The highest BCUT2D eigenvalue weighted by molar-refractivity contribution is 6.22. The van der Waals surface area contributed by atoms with E-state index in [0.717, 1.165) is 11.2 Å². The number of benzene rings is 9. The Morgan fingerprint density at radius 3 is 1.47 bits per heavy atom. The summed E-state index contributed by atoms with van der Waals surface area (Å²) in [4.78, 5) is 0. The van der Waals surface area contributed by atoms with Crippen molar-refractivity contribution in [1.82, 2.24) is 0 Å². The lowest BCUT2D eigenvalue weighted by molar-refractivity contribution is 0.647. The lowest BCUT2D eigenvalue weighted by Gasteiger charge is -2.24. The molecule has 0 saturated heterocycles. The Morgan fingerprint density at radius 2 is 0.836 bits per heavy atom. The summed E-state index contributed by atoms with van der Waals surface area (Å²) < 4.78 is 6.57. The number of hydrogen-bond donors (Lipinski definition) is 0. The molecule has 0 fully saturated rings. The summed E-state index contributed by atoms with van der Waals surface area (Å²) in [5.41, 5.74) is 17.6. The number of furan rings is 1. The van der Waals surface area contributed by atoms with Crippen LogP contribution in [0, 0.1) is 0 Å². The summed E-state index contributed by atoms with van der Waals surface area (Å²) in [6.45, 7) is 9.49. The fraction of sp³-hybridized carbons (Fsp3) is 0.111. The van der Waals surface area contributed by atoms with E-state index in [-0.39, 0.29) is 10.8 Å². The Kier molecular flexibility index (Phi) is 5.98. The lowest BCUT2D eigenvalue weighted by atomic mass is 9.79. The molecule has 1 heterocycles. The van der Waals surface area contributed by atoms with Gasteiger partial charge in [-0.25, -0.2) is 0 Å². The minimum Gasteiger partial charge on any atom is -0.456 e. The summed E-state index contributed by atoms with van der Waals surface area (Å²) >= 11 is 0. The van der Waals surface area contributed by atoms with E-state index in [1.807, 2.05) is 0 Å². The molecule has 0 unspecified atom stereocenters. The molecule has 0 radical (unpaired) electrons. The van der Waals surface area contributed by atoms with Crippen molar-refractivity contribution in [3.8, 4) is 44.5 Å². The molecule has 12 rings (SSSR count). The maximum Gasteiger partial charge on any atom is 0.136 e. The molecular weight excluding hydrogens is 665 g/mol. The standard InChI is InChI=1S/C54H38O/c1-53(2)44-20-12-11-15-35(44)36-24-21-32(27-45(36)53)50-38-16-7-9-18-40(38)51(41-19-10-8-17-39(41)50)33-22-25-37-42-29-43-49(30-47(42)54(3,4)46(37)28-33)55-48-26-23-31-13-5-6-14-34(31)52(43)48/h5-30H,1-4H3. The summed E-state index contributed by atoms with van der Waals surface area (Å²) in [6, 6.07) is 59.0. The number of rotatable bonds is 2. The molecule has 0 N–H and O–H groups in total. The summed E-state index contributed by atoms with van der Waals surface area (Å²) in [6.07, 6.45) is 0. The second-order valence-electron chi connectivity index (χ2n) is 16.8. The average molecular weight is 703 g/mol. The fourth-order valence-corrected chi connectivity index (χ4v) is 10.5. The van der Waals surface area contributed by atoms with Gasteiger partial charge >= 0.3 is 0 Å². The van der Waals surface area contributed by atoms with Crippen molar-refractivity contribution in [2.45, 2.75) is 38.5 Å². The monoisotopic (exact) mass is 702 g/mol. The molecule has 1 heteroatoms. The van der Waals surface area contributed by atoms with Crippen molar-refractivity contribution in [3.63, 3.8) is 0 Å². The molecule has 9 aromatic carbocycles. The van der Waals surface area contributed by atoms with Gasteiger partial charge < -0.3 is 4.42 Å². The molecule has 10 aromatic rings. The molecule has 2 aliphatic rings. The Labute approximate surface area is 320 Å². The number of fused-ring (bicyclic) bond motifs is 13. The normalized spacial score (nSPS) is 14.8. The van der Waals surface area contributed by atoms with Gasteiger partial charge in [-0.2, -0.15) is 0 Å². The van der Waals surface area contributed by atoms with E-state index < -0.39 is 0 Å². The smallest absolute Gasteiger partial charge is 0.136 e. The number of hydrogen-bond acceptors (Lipinski definition) is 1. The Hall–Kier alpha value is -6.44. The molecule has 1 aromatic heterocycles. The van der Waals surface area contributed by atoms with Crippen LogP contribution in [0.1, 0.15) is 49.9 Å². The van der Waals surface area contributed by atoms with E-state index in [0.29, 0.717) is 0 Å². The Morgan fingerprint density at radius 1 is 0.345 bits per heavy atom. The highest BCUT2D eigenvalue weighted by Crippen LogP contribution is 2.54. The second-order valence-corrected chi connectivity index (χ2v) is 16.8. The molecule has 0 atom stereocenters. The summed E-state index contributed by atoms with van der Waals surface area (Å²) in [7, 11) is 0. The van der Waals surface area contributed by atoms with Crippen molar-refractivity contribution < 1.29 is 4.42 Å². The third-order valence-electron chi connectivity index (χ3n) is 13.2. The predicted octanol–water partition coefficient (Wildman–Crippen LogP) is 15.0. The first-order chi connectivity index (χ1) is 26.8. The van der Waals surface area contributed by atoms with E-state index >= 15 is 0 Å². The van der Waals surface area contributed by atoms with Gasteiger partial charge in [0, 0.05) is 21.6 Å². The van der Waals surface area contributed by atoms with Gasteiger partial charge in [0.25, 0.3) is 0 Å². The van der Waals surface area contributed by atoms with Crippen LogP contribution in [-0.4, -0.2) is 0 Å². The first kappa shape index (κ1) is 31.0. The van der Waals surface area contributed by atoms with Crippen molar-refractivity contribution in [1.29, 1.82) is 0 Å². The second kappa shape index (κ2) is 10.6. The van der Waals surface area contributed by atoms with E-state index in [1.54, 1.807) is 0 Å². The molecule has 1 nitrogen and oxygen atoms in total. The van der Waals surface area contributed by atoms with E-state index in [2.05, 4.69) is 185 Å². The van der Waals surface area contributed by atoms with Crippen LogP contribution in [0.5, 0.6) is 0 Å².